The van der Waals surface area contributed by atoms with Crippen LogP contribution in [0.2, 0.25) is 0 Å². The van der Waals surface area contributed by atoms with Crippen LogP contribution in [-0.4, -0.2) is 46.5 Å². The van der Waals surface area contributed by atoms with E-state index in [0.29, 0.717) is 30.2 Å². The molecule has 3 heterocycles. The minimum absolute atomic E-state index is 0.351. The number of rotatable bonds is 5. The third kappa shape index (κ3) is 4.00. The van der Waals surface area contributed by atoms with Gasteiger partial charge in [0.25, 0.3) is 0 Å². The minimum atomic E-state index is 0.351. The molecule has 0 spiro atoms. The summed E-state index contributed by atoms with van der Waals surface area (Å²) in [5.74, 6) is 2.69. The van der Waals surface area contributed by atoms with E-state index < -0.39 is 0 Å². The number of aromatic nitrogens is 2. The second kappa shape index (κ2) is 8.15. The van der Waals surface area contributed by atoms with Crippen molar-refractivity contribution in [2.24, 2.45) is 11.8 Å². The average molecular weight is 332 g/mol. The Morgan fingerprint density at radius 1 is 1.38 bits per heavy atom. The van der Waals surface area contributed by atoms with Crippen molar-refractivity contribution < 1.29 is 4.79 Å². The summed E-state index contributed by atoms with van der Waals surface area (Å²) in [6.07, 6.45) is 10.3. The molecule has 2 aliphatic rings. The quantitative estimate of drug-likeness (QED) is 0.902. The van der Waals surface area contributed by atoms with Gasteiger partial charge in [0.2, 0.25) is 5.91 Å². The molecule has 5 nitrogen and oxygen atoms in total. The smallest absolute Gasteiger partial charge is 0.222 e. The number of hydrogen-bond donors (Lipinski definition) is 1. The van der Waals surface area contributed by atoms with Gasteiger partial charge in [-0.25, -0.2) is 4.98 Å². The van der Waals surface area contributed by atoms with Gasteiger partial charge in [0.15, 0.2) is 0 Å². The molecule has 0 aromatic carbocycles. The number of amides is 1. The zero-order valence-electron chi connectivity index (χ0n) is 15.2. The van der Waals surface area contributed by atoms with Crippen molar-refractivity contribution in [3.63, 3.8) is 0 Å². The predicted molar refractivity (Wildman–Crippen MR) is 95.8 cm³/mol. The van der Waals surface area contributed by atoms with Gasteiger partial charge in [0.05, 0.1) is 6.04 Å². The van der Waals surface area contributed by atoms with Crippen LogP contribution in [0.15, 0.2) is 12.4 Å². The standard InChI is InChI=1S/C19H32N4O/c1-3-18-21-10-12-23(18)17-5-4-11-22(14-17)19(24)13-15(2)16-6-8-20-9-7-16/h10,12,15-17,20H,3-9,11,13-14H2,1-2H3. The third-order valence-electron chi connectivity index (χ3n) is 5.89. The lowest BCUT2D eigenvalue weighted by Gasteiger charge is -2.35. The SMILES string of the molecule is CCc1nccn1C1CCCN(C(=O)CC(C)C2CCNCC2)C1. The largest absolute Gasteiger partial charge is 0.341 e. The second-order valence-electron chi connectivity index (χ2n) is 7.51. The van der Waals surface area contributed by atoms with Gasteiger partial charge < -0.3 is 14.8 Å². The molecule has 0 bridgehead atoms. The Labute approximate surface area is 145 Å². The molecule has 2 atom stereocenters. The Hall–Kier alpha value is -1.36. The fraction of sp³-hybridized carbons (Fsp3) is 0.789. The van der Waals surface area contributed by atoms with Gasteiger partial charge in [0, 0.05) is 38.3 Å². The van der Waals surface area contributed by atoms with Crippen LogP contribution in [0.5, 0.6) is 0 Å². The highest BCUT2D eigenvalue weighted by Gasteiger charge is 2.28. The van der Waals surface area contributed by atoms with Crippen molar-refractivity contribution in [2.75, 3.05) is 26.2 Å². The Balaban J connectivity index is 1.56. The van der Waals surface area contributed by atoms with E-state index in [0.717, 1.165) is 51.3 Å². The Bertz CT molecular complexity index is 535. The lowest BCUT2D eigenvalue weighted by molar-refractivity contribution is -0.134. The number of imidazole rings is 1. The summed E-state index contributed by atoms with van der Waals surface area (Å²) in [5, 5.41) is 3.41. The highest BCUT2D eigenvalue weighted by Crippen LogP contribution is 2.27. The summed E-state index contributed by atoms with van der Waals surface area (Å²) < 4.78 is 2.29. The lowest BCUT2D eigenvalue weighted by atomic mass is 9.84. The Morgan fingerprint density at radius 2 is 2.17 bits per heavy atom. The number of piperidine rings is 2. The van der Waals surface area contributed by atoms with Crippen molar-refractivity contribution in [1.29, 1.82) is 0 Å². The van der Waals surface area contributed by atoms with Crippen LogP contribution in [0.3, 0.4) is 0 Å². The number of nitrogens with zero attached hydrogens (tertiary/aromatic N) is 3. The third-order valence-corrected chi connectivity index (χ3v) is 5.89. The molecular formula is C19H32N4O. The van der Waals surface area contributed by atoms with E-state index in [2.05, 4.69) is 39.8 Å². The van der Waals surface area contributed by atoms with Gasteiger partial charge in [-0.2, -0.15) is 0 Å². The summed E-state index contributed by atoms with van der Waals surface area (Å²) in [6.45, 7) is 8.39. The van der Waals surface area contributed by atoms with Gasteiger partial charge in [-0.1, -0.05) is 13.8 Å². The summed E-state index contributed by atoms with van der Waals surface area (Å²) in [4.78, 5) is 19.4. The molecule has 2 fully saturated rings. The highest BCUT2D eigenvalue weighted by molar-refractivity contribution is 5.76. The van der Waals surface area contributed by atoms with E-state index in [1.807, 2.05) is 6.20 Å². The first-order valence-corrected chi connectivity index (χ1v) is 9.69. The summed E-state index contributed by atoms with van der Waals surface area (Å²) >= 11 is 0. The van der Waals surface area contributed by atoms with Crippen LogP contribution in [0.25, 0.3) is 0 Å². The van der Waals surface area contributed by atoms with E-state index >= 15 is 0 Å². The fourth-order valence-corrected chi connectivity index (χ4v) is 4.34. The van der Waals surface area contributed by atoms with Crippen LogP contribution in [0, 0.1) is 11.8 Å². The number of aryl methyl sites for hydroxylation is 1. The van der Waals surface area contributed by atoms with E-state index in [9.17, 15) is 4.79 Å². The van der Waals surface area contributed by atoms with Crippen molar-refractivity contribution in [2.45, 2.75) is 58.4 Å². The summed E-state index contributed by atoms with van der Waals surface area (Å²) in [6, 6.07) is 0.398. The zero-order chi connectivity index (χ0) is 16.9. The molecule has 0 saturated carbocycles. The first kappa shape index (κ1) is 17.5. The number of carbonyl (C=O) groups excluding carboxylic acids is 1. The first-order valence-electron chi connectivity index (χ1n) is 9.69. The van der Waals surface area contributed by atoms with Gasteiger partial charge in [-0.05, 0) is 50.6 Å². The highest BCUT2D eigenvalue weighted by atomic mass is 16.2. The molecule has 5 heteroatoms. The number of nitrogens with one attached hydrogen (secondary N) is 1. The van der Waals surface area contributed by atoms with Crippen molar-refractivity contribution in [1.82, 2.24) is 19.8 Å². The zero-order valence-corrected chi connectivity index (χ0v) is 15.2. The maximum Gasteiger partial charge on any atom is 0.222 e. The predicted octanol–water partition coefficient (Wildman–Crippen LogP) is 2.63. The first-order chi connectivity index (χ1) is 11.7. The Kier molecular flexibility index (Phi) is 5.93. The maximum atomic E-state index is 12.8. The molecule has 134 valence electrons. The maximum absolute atomic E-state index is 12.8. The van der Waals surface area contributed by atoms with Crippen LogP contribution in [-0.2, 0) is 11.2 Å². The molecule has 24 heavy (non-hydrogen) atoms. The number of carbonyl (C=O) groups is 1. The molecule has 1 aromatic rings. The topological polar surface area (TPSA) is 50.2 Å². The normalized spacial score (nSPS) is 24.1. The van der Waals surface area contributed by atoms with Crippen LogP contribution in [0.4, 0.5) is 0 Å². The number of hydrogen-bond acceptors (Lipinski definition) is 3. The van der Waals surface area contributed by atoms with Crippen molar-refractivity contribution in [3.05, 3.63) is 18.2 Å². The van der Waals surface area contributed by atoms with Gasteiger partial charge in [0.1, 0.15) is 5.82 Å². The second-order valence-corrected chi connectivity index (χ2v) is 7.51. The van der Waals surface area contributed by atoms with Gasteiger partial charge in [-0.3, -0.25) is 4.79 Å². The molecule has 1 amide bonds. The molecular weight excluding hydrogens is 300 g/mol. The number of likely N-dealkylation sites (tertiary alicyclic amines) is 1. The monoisotopic (exact) mass is 332 g/mol. The summed E-state index contributed by atoms with van der Waals surface area (Å²) in [5.41, 5.74) is 0. The van der Waals surface area contributed by atoms with Crippen LogP contribution >= 0.6 is 0 Å². The molecule has 1 N–H and O–H groups in total. The molecule has 0 radical (unpaired) electrons. The van der Waals surface area contributed by atoms with Crippen LogP contribution in [0.1, 0.15) is 57.8 Å². The molecule has 1 aromatic heterocycles. The molecule has 2 aliphatic heterocycles. The average Bonchev–Trinajstić information content (AvgIpc) is 3.11. The lowest BCUT2D eigenvalue weighted by Crippen LogP contribution is -2.42. The summed E-state index contributed by atoms with van der Waals surface area (Å²) in [7, 11) is 0. The molecule has 0 aliphatic carbocycles. The van der Waals surface area contributed by atoms with Gasteiger partial charge >= 0.3 is 0 Å². The Morgan fingerprint density at radius 3 is 2.92 bits per heavy atom. The minimum Gasteiger partial charge on any atom is -0.341 e. The van der Waals surface area contributed by atoms with Crippen molar-refractivity contribution >= 4 is 5.91 Å². The fourth-order valence-electron chi connectivity index (χ4n) is 4.34. The molecule has 3 rings (SSSR count). The van der Waals surface area contributed by atoms with Crippen LogP contribution < -0.4 is 5.32 Å². The van der Waals surface area contributed by atoms with Gasteiger partial charge in [-0.15, -0.1) is 0 Å². The van der Waals surface area contributed by atoms with E-state index in [4.69, 9.17) is 0 Å². The van der Waals surface area contributed by atoms with E-state index in [1.54, 1.807) is 0 Å². The molecule has 2 unspecified atom stereocenters. The van der Waals surface area contributed by atoms with Crippen molar-refractivity contribution in [3.8, 4) is 0 Å². The van der Waals surface area contributed by atoms with E-state index in [1.165, 1.54) is 12.8 Å². The molecule has 2 saturated heterocycles. The van der Waals surface area contributed by atoms with E-state index in [-0.39, 0.29) is 0 Å².